The molecule has 5 rings (SSSR count). The van der Waals surface area contributed by atoms with E-state index in [-0.39, 0.29) is 42.2 Å². The lowest BCUT2D eigenvalue weighted by molar-refractivity contribution is -0.137. The van der Waals surface area contributed by atoms with Crippen molar-refractivity contribution >= 4 is 17.8 Å². The number of aromatic nitrogens is 1. The van der Waals surface area contributed by atoms with E-state index in [0.717, 1.165) is 17.7 Å². The first-order valence-corrected chi connectivity index (χ1v) is 11.7. The summed E-state index contributed by atoms with van der Waals surface area (Å²) in [7, 11) is 1.58. The highest BCUT2D eigenvalue weighted by Gasteiger charge is 2.41. The first-order valence-electron chi connectivity index (χ1n) is 11.7. The Hall–Kier alpha value is -3.62. The van der Waals surface area contributed by atoms with Crippen molar-refractivity contribution in [2.75, 3.05) is 26.7 Å². The van der Waals surface area contributed by atoms with Crippen LogP contribution in [0.25, 0.3) is 0 Å². The van der Waals surface area contributed by atoms with Gasteiger partial charge in [0.05, 0.1) is 13.5 Å². The number of para-hydroxylation sites is 1. The number of ether oxygens (including phenoxy) is 1. The summed E-state index contributed by atoms with van der Waals surface area (Å²) in [5, 5.41) is 2.68. The van der Waals surface area contributed by atoms with Gasteiger partial charge in [0.1, 0.15) is 11.8 Å². The molecule has 2 aromatic rings. The SMILES string of the molecule is COc1ccccc1CCN1C(=O)N[C@H](CC(=O)N2C[C@H]3C[C@@H](C2)c2cccc(=O)n2C3)C1=O. The number of likely N-dealkylation sites (tertiary alicyclic amines) is 1. The fourth-order valence-corrected chi connectivity index (χ4v) is 5.47. The lowest BCUT2D eigenvalue weighted by atomic mass is 9.83. The molecule has 0 aliphatic carbocycles. The number of fused-ring (bicyclic) bond motifs is 4. The number of imide groups is 1. The number of carbonyl (C=O) groups excluding carboxylic acids is 3. The molecule has 4 heterocycles. The minimum absolute atomic E-state index is 0.000504. The van der Waals surface area contributed by atoms with Crippen molar-refractivity contribution < 1.29 is 19.1 Å². The van der Waals surface area contributed by atoms with Crippen LogP contribution in [0.3, 0.4) is 0 Å². The zero-order valence-corrected chi connectivity index (χ0v) is 19.1. The van der Waals surface area contributed by atoms with Gasteiger partial charge in [-0.25, -0.2) is 4.79 Å². The summed E-state index contributed by atoms with van der Waals surface area (Å²) in [6.45, 7) is 1.90. The molecule has 2 fully saturated rings. The second-order valence-electron chi connectivity index (χ2n) is 9.25. The summed E-state index contributed by atoms with van der Waals surface area (Å²) in [4.78, 5) is 53.7. The van der Waals surface area contributed by atoms with E-state index in [1.165, 1.54) is 4.90 Å². The van der Waals surface area contributed by atoms with E-state index in [1.54, 1.807) is 24.1 Å². The first kappa shape index (κ1) is 22.2. The quantitative estimate of drug-likeness (QED) is 0.651. The number of nitrogens with one attached hydrogen (secondary N) is 1. The molecule has 34 heavy (non-hydrogen) atoms. The molecule has 0 saturated carbocycles. The van der Waals surface area contributed by atoms with Gasteiger partial charge in [-0.3, -0.25) is 19.3 Å². The van der Waals surface area contributed by atoms with Gasteiger partial charge >= 0.3 is 6.03 Å². The molecule has 2 bridgehead atoms. The average molecular weight is 465 g/mol. The number of pyridine rings is 1. The van der Waals surface area contributed by atoms with E-state index in [1.807, 2.05) is 34.9 Å². The third-order valence-electron chi connectivity index (χ3n) is 7.12. The van der Waals surface area contributed by atoms with Crippen molar-refractivity contribution in [3.63, 3.8) is 0 Å². The Bertz CT molecular complexity index is 1190. The molecule has 1 N–H and O–H groups in total. The van der Waals surface area contributed by atoms with E-state index in [0.29, 0.717) is 31.8 Å². The summed E-state index contributed by atoms with van der Waals surface area (Å²) in [6, 6.07) is 11.5. The third-order valence-corrected chi connectivity index (χ3v) is 7.12. The van der Waals surface area contributed by atoms with E-state index >= 15 is 0 Å². The molecule has 0 spiro atoms. The van der Waals surface area contributed by atoms with Crippen LogP contribution in [0, 0.1) is 5.92 Å². The second kappa shape index (κ2) is 8.96. The standard InChI is InChI=1S/C25H28N4O5/c1-34-21-7-3-2-5-17(21)9-10-28-24(32)19(26-25(28)33)12-23(31)27-13-16-11-18(15-27)20-6-4-8-22(30)29(20)14-16/h2-8,16,18-19H,9-15H2,1H3,(H,26,33)/t16-,18+,19-/m1/s1. The van der Waals surface area contributed by atoms with Crippen LogP contribution in [0.4, 0.5) is 4.79 Å². The van der Waals surface area contributed by atoms with Crippen LogP contribution in [0.15, 0.2) is 47.3 Å². The number of methoxy groups -OCH3 is 1. The number of rotatable bonds is 6. The molecule has 0 unspecified atom stereocenters. The Balaban J connectivity index is 1.21. The Labute approximate surface area is 197 Å². The van der Waals surface area contributed by atoms with Gasteiger partial charge < -0.3 is 19.5 Å². The normalized spacial score (nSPS) is 23.5. The van der Waals surface area contributed by atoms with Crippen LogP contribution in [0.5, 0.6) is 5.75 Å². The van der Waals surface area contributed by atoms with Crippen molar-refractivity contribution in [2.24, 2.45) is 5.92 Å². The molecule has 1 aromatic carbocycles. The molecule has 2 saturated heterocycles. The van der Waals surface area contributed by atoms with Gasteiger partial charge in [-0.1, -0.05) is 24.3 Å². The number of amides is 4. The molecular formula is C25H28N4O5. The van der Waals surface area contributed by atoms with E-state index in [2.05, 4.69) is 5.32 Å². The maximum absolute atomic E-state index is 13.1. The van der Waals surface area contributed by atoms with Crippen LogP contribution in [-0.4, -0.2) is 65.0 Å². The van der Waals surface area contributed by atoms with Crippen molar-refractivity contribution in [3.05, 3.63) is 64.1 Å². The predicted octanol–water partition coefficient (Wildman–Crippen LogP) is 1.36. The summed E-state index contributed by atoms with van der Waals surface area (Å²) in [6.07, 6.45) is 1.36. The fourth-order valence-electron chi connectivity index (χ4n) is 5.47. The van der Waals surface area contributed by atoms with Gasteiger partial charge in [0.2, 0.25) is 5.91 Å². The molecule has 9 heteroatoms. The molecule has 3 atom stereocenters. The molecule has 1 aromatic heterocycles. The first-order chi connectivity index (χ1) is 16.4. The number of piperidine rings is 1. The van der Waals surface area contributed by atoms with Crippen LogP contribution in [0.2, 0.25) is 0 Å². The molecule has 9 nitrogen and oxygen atoms in total. The van der Waals surface area contributed by atoms with Crippen molar-refractivity contribution in [3.8, 4) is 5.75 Å². The maximum Gasteiger partial charge on any atom is 0.324 e. The molecule has 4 amide bonds. The highest BCUT2D eigenvalue weighted by Crippen LogP contribution is 2.35. The summed E-state index contributed by atoms with van der Waals surface area (Å²) in [5.41, 5.74) is 1.87. The largest absolute Gasteiger partial charge is 0.496 e. The number of urea groups is 1. The number of nitrogens with zero attached hydrogens (tertiary/aromatic N) is 3. The molecule has 3 aliphatic rings. The van der Waals surface area contributed by atoms with E-state index < -0.39 is 12.1 Å². The summed E-state index contributed by atoms with van der Waals surface area (Å²) >= 11 is 0. The second-order valence-corrected chi connectivity index (χ2v) is 9.25. The van der Waals surface area contributed by atoms with Crippen LogP contribution in [0.1, 0.15) is 30.0 Å². The van der Waals surface area contributed by atoms with Crippen molar-refractivity contribution in [1.82, 2.24) is 19.7 Å². The zero-order valence-electron chi connectivity index (χ0n) is 19.1. The van der Waals surface area contributed by atoms with E-state index in [4.69, 9.17) is 4.74 Å². The average Bonchev–Trinajstić information content (AvgIpc) is 3.10. The minimum atomic E-state index is -0.852. The lowest BCUT2D eigenvalue weighted by Gasteiger charge is -2.43. The summed E-state index contributed by atoms with van der Waals surface area (Å²) < 4.78 is 7.16. The number of benzene rings is 1. The summed E-state index contributed by atoms with van der Waals surface area (Å²) in [5.74, 6) is 0.507. The Morgan fingerprint density at radius 2 is 1.88 bits per heavy atom. The number of hydrogen-bond acceptors (Lipinski definition) is 5. The van der Waals surface area contributed by atoms with Crippen molar-refractivity contribution in [2.45, 2.75) is 37.8 Å². The Kier molecular flexibility index (Phi) is 5.85. The Morgan fingerprint density at radius 3 is 2.71 bits per heavy atom. The van der Waals surface area contributed by atoms with Gasteiger partial charge in [-0.15, -0.1) is 0 Å². The van der Waals surface area contributed by atoms with Crippen LogP contribution >= 0.6 is 0 Å². The highest BCUT2D eigenvalue weighted by molar-refractivity contribution is 6.05. The number of carbonyl (C=O) groups is 3. The topological polar surface area (TPSA) is 101 Å². The Morgan fingerprint density at radius 1 is 1.06 bits per heavy atom. The van der Waals surface area contributed by atoms with Crippen LogP contribution < -0.4 is 15.6 Å². The molecular weight excluding hydrogens is 436 g/mol. The number of hydrogen-bond donors (Lipinski definition) is 1. The van der Waals surface area contributed by atoms with Gasteiger partial charge in [0, 0.05) is 43.9 Å². The minimum Gasteiger partial charge on any atom is -0.496 e. The predicted molar refractivity (Wildman–Crippen MR) is 123 cm³/mol. The fraction of sp³-hybridized carbons (Fsp3) is 0.440. The van der Waals surface area contributed by atoms with Crippen LogP contribution in [-0.2, 0) is 22.6 Å². The van der Waals surface area contributed by atoms with Gasteiger partial charge in [0.15, 0.2) is 0 Å². The zero-order chi connectivity index (χ0) is 23.8. The molecule has 3 aliphatic heterocycles. The molecule has 0 radical (unpaired) electrons. The molecule has 178 valence electrons. The van der Waals surface area contributed by atoms with Gasteiger partial charge in [-0.2, -0.15) is 0 Å². The van der Waals surface area contributed by atoms with Crippen molar-refractivity contribution in [1.29, 1.82) is 0 Å². The monoisotopic (exact) mass is 464 g/mol. The lowest BCUT2D eigenvalue weighted by Crippen LogP contribution is -2.50. The van der Waals surface area contributed by atoms with E-state index in [9.17, 15) is 19.2 Å². The van der Waals surface area contributed by atoms with Gasteiger partial charge in [-0.05, 0) is 36.5 Å². The maximum atomic E-state index is 13.1. The smallest absolute Gasteiger partial charge is 0.324 e. The third kappa shape index (κ3) is 4.06. The van der Waals surface area contributed by atoms with Gasteiger partial charge in [0.25, 0.3) is 11.5 Å². The highest BCUT2D eigenvalue weighted by atomic mass is 16.5.